The smallest absolute Gasteiger partial charge is 0.243 e. The molecule has 8 rings (SSSR count). The van der Waals surface area contributed by atoms with Crippen molar-refractivity contribution in [2.24, 2.45) is 5.92 Å². The Balaban J connectivity index is 0.863. The molecule has 2 fully saturated rings. The quantitative estimate of drug-likeness (QED) is 0.0583. The minimum atomic E-state index is -0.971. The molecule has 76 heavy (non-hydrogen) atoms. The lowest BCUT2D eigenvalue weighted by Gasteiger charge is -2.35. The standard InChI is InChI=1S/C53H61ClF2N10O9S/c1-29(2)44(42-22-30(3)62-75-42)52(72)66-27-35(68)24-39(66)51(71)58-26-34-11-10-33(49-31(4)59-28-76-49)23-41(34)74-21-20-73-19-18-63(6)43(70)12-13-57-53-60-48-36(50(61-53)65-16-14-64(15-17-65)32(5)67)25-37(54)45(47(48)56)46-38(55)8-7-9-40(46)69/h7-11,22-23,25,28-29,35,39,44,68-69H,12-21,24,26-27H2,1-6H3,(H,58,71)(H,57,60,61)/t35-,39+,44-/m1/s1. The molecule has 3 atom stereocenters. The number of phenols is 1. The zero-order valence-corrected chi connectivity index (χ0v) is 44.6. The van der Waals surface area contributed by atoms with Crippen molar-refractivity contribution in [3.8, 4) is 33.1 Å². The van der Waals surface area contributed by atoms with E-state index >= 15 is 8.78 Å². The number of fused-ring (bicyclic) bond motifs is 1. The van der Waals surface area contributed by atoms with Gasteiger partial charge in [-0.2, -0.15) is 4.98 Å². The first kappa shape index (κ1) is 55.2. The molecular weight excluding hydrogens is 1030 g/mol. The number of aliphatic hydroxyl groups excluding tert-OH is 1. The molecule has 4 N–H and O–H groups in total. The van der Waals surface area contributed by atoms with Gasteiger partial charge in [-0.15, -0.1) is 11.3 Å². The van der Waals surface area contributed by atoms with E-state index in [1.807, 2.05) is 43.9 Å². The van der Waals surface area contributed by atoms with Crippen LogP contribution in [0.4, 0.5) is 20.5 Å². The number of benzene rings is 3. The number of aromatic nitrogens is 4. The van der Waals surface area contributed by atoms with E-state index in [2.05, 4.69) is 25.8 Å². The van der Waals surface area contributed by atoms with Crippen LogP contribution in [0, 0.1) is 31.4 Å². The number of carbonyl (C=O) groups is 4. The molecule has 0 aliphatic carbocycles. The normalized spacial score (nSPS) is 16.1. The molecule has 3 aromatic carbocycles. The summed E-state index contributed by atoms with van der Waals surface area (Å²) in [5.74, 6) is -3.00. The molecule has 0 radical (unpaired) electrons. The summed E-state index contributed by atoms with van der Waals surface area (Å²) < 4.78 is 49.2. The van der Waals surface area contributed by atoms with E-state index in [0.29, 0.717) is 54.8 Å². The third kappa shape index (κ3) is 12.5. The number of likely N-dealkylation sites (tertiary alicyclic amines) is 1. The van der Waals surface area contributed by atoms with Crippen LogP contribution in [0.25, 0.3) is 32.5 Å². The Kier molecular flexibility index (Phi) is 17.7. The minimum Gasteiger partial charge on any atom is -0.507 e. The molecule has 2 saturated heterocycles. The number of phenolic OH excluding ortho intramolecular Hbond substituents is 1. The number of halogens is 3. The van der Waals surface area contributed by atoms with Crippen LogP contribution in [0.2, 0.25) is 5.02 Å². The van der Waals surface area contributed by atoms with Crippen molar-refractivity contribution in [3.05, 3.63) is 93.4 Å². The summed E-state index contributed by atoms with van der Waals surface area (Å²) in [4.78, 5) is 74.1. The van der Waals surface area contributed by atoms with E-state index in [-0.39, 0.29) is 110 Å². The van der Waals surface area contributed by atoms with Gasteiger partial charge in [0.25, 0.3) is 0 Å². The Hall–Kier alpha value is -7.01. The van der Waals surface area contributed by atoms with Crippen molar-refractivity contribution in [2.45, 2.75) is 72.1 Å². The van der Waals surface area contributed by atoms with Gasteiger partial charge in [0.15, 0.2) is 5.82 Å². The molecule has 4 amide bonds. The summed E-state index contributed by atoms with van der Waals surface area (Å²) in [5, 5.41) is 31.2. The van der Waals surface area contributed by atoms with E-state index in [1.54, 1.807) is 30.4 Å². The van der Waals surface area contributed by atoms with Crippen molar-refractivity contribution in [3.63, 3.8) is 0 Å². The molecule has 2 aliphatic heterocycles. The van der Waals surface area contributed by atoms with E-state index in [9.17, 15) is 29.4 Å². The lowest BCUT2D eigenvalue weighted by molar-refractivity contribution is -0.141. The second-order valence-corrected chi connectivity index (χ2v) is 20.5. The molecule has 3 aromatic heterocycles. The van der Waals surface area contributed by atoms with Crippen LogP contribution in [0.3, 0.4) is 0 Å². The molecular formula is C53H61ClF2N10O9S. The number of anilines is 2. The van der Waals surface area contributed by atoms with Gasteiger partial charge in [-0.1, -0.05) is 48.8 Å². The summed E-state index contributed by atoms with van der Waals surface area (Å²) in [6.07, 6.45) is -0.785. The van der Waals surface area contributed by atoms with Crippen molar-refractivity contribution >= 4 is 69.2 Å². The van der Waals surface area contributed by atoms with Crippen molar-refractivity contribution in [1.29, 1.82) is 0 Å². The monoisotopic (exact) mass is 1090 g/mol. The largest absolute Gasteiger partial charge is 0.507 e. The second kappa shape index (κ2) is 24.3. The van der Waals surface area contributed by atoms with Gasteiger partial charge < -0.3 is 54.4 Å². The predicted octanol–water partition coefficient (Wildman–Crippen LogP) is 6.70. The third-order valence-corrected chi connectivity index (χ3v) is 14.8. The Morgan fingerprint density at radius 1 is 1.01 bits per heavy atom. The number of carbonyl (C=O) groups excluding carboxylic acids is 4. The number of piperazine rings is 1. The van der Waals surface area contributed by atoms with E-state index in [1.165, 1.54) is 46.3 Å². The van der Waals surface area contributed by atoms with Crippen LogP contribution < -0.4 is 20.3 Å². The number of aryl methyl sites for hydroxylation is 2. The van der Waals surface area contributed by atoms with Gasteiger partial charge in [0.1, 0.15) is 53.0 Å². The van der Waals surface area contributed by atoms with E-state index in [4.69, 9.17) is 30.6 Å². The highest BCUT2D eigenvalue weighted by Gasteiger charge is 2.43. The van der Waals surface area contributed by atoms with Crippen LogP contribution >= 0.6 is 22.9 Å². The van der Waals surface area contributed by atoms with E-state index in [0.717, 1.165) is 22.2 Å². The van der Waals surface area contributed by atoms with Gasteiger partial charge in [0, 0.05) is 102 Å². The zero-order chi connectivity index (χ0) is 54.4. The van der Waals surface area contributed by atoms with Gasteiger partial charge in [0.2, 0.25) is 29.6 Å². The molecule has 404 valence electrons. The number of thiazole rings is 1. The number of aromatic hydroxyl groups is 1. The Bertz CT molecular complexity index is 3080. The van der Waals surface area contributed by atoms with Gasteiger partial charge in [0.05, 0.1) is 51.7 Å². The highest BCUT2D eigenvalue weighted by atomic mass is 35.5. The fourth-order valence-corrected chi connectivity index (χ4v) is 10.5. The Morgan fingerprint density at radius 2 is 1.79 bits per heavy atom. The number of rotatable bonds is 20. The first-order valence-corrected chi connectivity index (χ1v) is 26.2. The maximum atomic E-state index is 16.6. The number of amides is 4. The summed E-state index contributed by atoms with van der Waals surface area (Å²) in [5.41, 5.74) is 3.84. The first-order chi connectivity index (χ1) is 36.4. The lowest BCUT2D eigenvalue weighted by atomic mass is 9.91. The van der Waals surface area contributed by atoms with Crippen LogP contribution in [0.1, 0.15) is 62.2 Å². The van der Waals surface area contributed by atoms with Crippen LogP contribution in [0.15, 0.2) is 58.6 Å². The zero-order valence-electron chi connectivity index (χ0n) is 43.1. The molecule has 0 saturated carbocycles. The maximum absolute atomic E-state index is 16.6. The first-order valence-electron chi connectivity index (χ1n) is 25.0. The van der Waals surface area contributed by atoms with Gasteiger partial charge in [-0.25, -0.2) is 18.7 Å². The average molecular weight is 1090 g/mol. The lowest BCUT2D eigenvalue weighted by Crippen LogP contribution is -2.48. The maximum Gasteiger partial charge on any atom is 0.243 e. The second-order valence-electron chi connectivity index (χ2n) is 19.2. The molecule has 5 heterocycles. The van der Waals surface area contributed by atoms with Gasteiger partial charge in [-0.05, 0) is 49.6 Å². The summed E-state index contributed by atoms with van der Waals surface area (Å²) >= 11 is 8.08. The SMILES string of the molecule is CC(=O)N1CCN(c2nc(NCCC(=O)N(C)CCOCCOc3cc(-c4scnc4C)ccc3CNC(=O)[C@@H]3C[C@@H](O)CN3C(=O)[C@@H](c3cc(C)no3)C(C)C)nc3c(F)c(-c4c(O)cccc4F)c(Cl)cc23)CC1. The minimum absolute atomic E-state index is 0.000250. The number of aliphatic hydroxyl groups is 1. The number of nitrogens with one attached hydrogen (secondary N) is 2. The molecule has 2 aliphatic rings. The molecule has 19 nitrogen and oxygen atoms in total. The average Bonchev–Trinajstić information content (AvgIpc) is 4.14. The van der Waals surface area contributed by atoms with Crippen LogP contribution in [0.5, 0.6) is 11.5 Å². The summed E-state index contributed by atoms with van der Waals surface area (Å²) in [7, 11) is 1.64. The van der Waals surface area contributed by atoms with Gasteiger partial charge >= 0.3 is 0 Å². The molecule has 6 aromatic rings. The fraction of sp³-hybridized carbons (Fsp3) is 0.434. The number of β-amino-alcohol motifs (C(OH)–C–C–N with tert-alkyl or cyclic N) is 1. The van der Waals surface area contributed by atoms with E-state index < -0.39 is 46.9 Å². The number of hydrogen-bond acceptors (Lipinski definition) is 16. The topological polar surface area (TPSA) is 229 Å². The van der Waals surface area contributed by atoms with Crippen molar-refractivity contribution in [2.75, 3.05) is 82.9 Å². The van der Waals surface area contributed by atoms with Crippen molar-refractivity contribution < 1.29 is 52.2 Å². The van der Waals surface area contributed by atoms with Crippen LogP contribution in [-0.2, 0) is 30.5 Å². The highest BCUT2D eigenvalue weighted by Crippen LogP contribution is 2.43. The van der Waals surface area contributed by atoms with Gasteiger partial charge in [-0.3, -0.25) is 19.2 Å². The summed E-state index contributed by atoms with van der Waals surface area (Å²) in [6, 6.07) is 11.5. The number of hydrogen-bond donors (Lipinski definition) is 4. The molecule has 23 heteroatoms. The molecule has 0 spiro atoms. The molecule has 0 bridgehead atoms. The Morgan fingerprint density at radius 3 is 2.47 bits per heavy atom. The number of ether oxygens (including phenoxy) is 2. The fourth-order valence-electron chi connectivity index (χ4n) is 9.44. The highest BCUT2D eigenvalue weighted by molar-refractivity contribution is 7.13. The number of nitrogens with zero attached hydrogens (tertiary/aromatic N) is 8. The third-order valence-electron chi connectivity index (χ3n) is 13.5. The molecule has 0 unspecified atom stereocenters. The Labute approximate surface area is 447 Å². The number of likely N-dealkylation sites (N-methyl/N-ethyl adjacent to an activating group) is 1. The van der Waals surface area contributed by atoms with Crippen LogP contribution in [-0.4, -0.2) is 153 Å². The predicted molar refractivity (Wildman–Crippen MR) is 282 cm³/mol. The van der Waals surface area contributed by atoms with Crippen molar-refractivity contribution in [1.82, 2.24) is 40.1 Å². The summed E-state index contributed by atoms with van der Waals surface area (Å²) in [6.45, 7) is 11.4.